The molecule has 8 heteroatoms. The van der Waals surface area contributed by atoms with Crippen LogP contribution in [0.25, 0.3) is 0 Å². The second-order valence-corrected chi connectivity index (χ2v) is 7.54. The number of fused-ring (bicyclic) bond motifs is 1. The van der Waals surface area contributed by atoms with Crippen molar-refractivity contribution in [2.75, 3.05) is 13.7 Å². The second-order valence-electron chi connectivity index (χ2n) is 6.47. The second kappa shape index (κ2) is 7.77. The zero-order chi connectivity index (χ0) is 18.8. The van der Waals surface area contributed by atoms with Crippen LogP contribution >= 0.6 is 11.8 Å². The summed E-state index contributed by atoms with van der Waals surface area (Å²) in [7, 11) is 1.65. The molecule has 0 spiro atoms. The van der Waals surface area contributed by atoms with Crippen molar-refractivity contribution in [2.24, 2.45) is 5.92 Å². The number of carboxylic acids is 1. The molecule has 3 rings (SSSR count). The minimum Gasteiger partial charge on any atom is -0.543 e. The molecule has 7 nitrogen and oxygen atoms in total. The topological polar surface area (TPSA) is 93.8 Å². The lowest BCUT2D eigenvalue weighted by Gasteiger charge is -2.45. The van der Waals surface area contributed by atoms with Gasteiger partial charge in [0.2, 0.25) is 5.91 Å². The van der Waals surface area contributed by atoms with Crippen LogP contribution in [0.2, 0.25) is 0 Å². The van der Waals surface area contributed by atoms with Crippen LogP contribution in [0.1, 0.15) is 19.0 Å². The zero-order valence-corrected chi connectivity index (χ0v) is 15.6. The molecule has 2 aliphatic rings. The first-order valence-electron chi connectivity index (χ1n) is 8.50. The van der Waals surface area contributed by atoms with Gasteiger partial charge in [-0.1, -0.05) is 6.07 Å². The number of methoxy groups -OCH3 is 1. The van der Waals surface area contributed by atoms with Crippen molar-refractivity contribution in [3.8, 4) is 0 Å². The number of thioether (sulfide) groups is 1. The number of aliphatic hydroxyl groups excluding tert-OH is 1. The number of aliphatic hydroxyl groups is 1. The Morgan fingerprint density at radius 3 is 2.96 bits per heavy atom. The van der Waals surface area contributed by atoms with Crippen LogP contribution in [-0.4, -0.2) is 47.7 Å². The molecular weight excluding hydrogens is 356 g/mol. The van der Waals surface area contributed by atoms with E-state index in [-0.39, 0.29) is 17.6 Å². The van der Waals surface area contributed by atoms with Crippen LogP contribution in [0.15, 0.2) is 35.0 Å². The highest BCUT2D eigenvalue weighted by Gasteiger charge is 2.55. The molecule has 1 amide bonds. The lowest BCUT2D eigenvalue weighted by Crippen LogP contribution is -2.62. The number of hydrogen-bond donors (Lipinski definition) is 1. The number of nitrogens with zero attached hydrogens (tertiary/aromatic N) is 2. The monoisotopic (exact) mass is 378 g/mol. The molecule has 2 aliphatic heterocycles. The molecule has 1 saturated heterocycles. The van der Waals surface area contributed by atoms with Crippen molar-refractivity contribution in [3.63, 3.8) is 0 Å². The van der Waals surface area contributed by atoms with E-state index >= 15 is 0 Å². The number of β-lactam (4-membered cyclic amide) rings is 1. The lowest BCUT2D eigenvalue weighted by molar-refractivity contribution is -0.704. The van der Waals surface area contributed by atoms with E-state index < -0.39 is 18.0 Å². The number of ether oxygens (including phenoxy) is 1. The fourth-order valence-corrected chi connectivity index (χ4v) is 4.75. The van der Waals surface area contributed by atoms with Gasteiger partial charge in [0.1, 0.15) is 6.61 Å². The number of carboxylic acid groups (broad SMARTS) is 1. The van der Waals surface area contributed by atoms with Crippen LogP contribution in [0.5, 0.6) is 0 Å². The fourth-order valence-electron chi connectivity index (χ4n) is 3.56. The number of aromatic nitrogens is 1. The number of carbonyl (C=O) groups excluding carboxylic acids is 2. The summed E-state index contributed by atoms with van der Waals surface area (Å²) in [4.78, 5) is 25.7. The Balaban J connectivity index is 1.76. The smallest absolute Gasteiger partial charge is 0.235 e. The summed E-state index contributed by atoms with van der Waals surface area (Å²) in [5, 5.41) is 21.4. The molecule has 26 heavy (non-hydrogen) atoms. The van der Waals surface area contributed by atoms with Gasteiger partial charge in [-0.3, -0.25) is 4.79 Å². The Kier molecular flexibility index (Phi) is 5.64. The van der Waals surface area contributed by atoms with E-state index in [4.69, 9.17) is 4.74 Å². The van der Waals surface area contributed by atoms with E-state index in [0.717, 1.165) is 5.69 Å². The summed E-state index contributed by atoms with van der Waals surface area (Å²) in [5.74, 6) is -1.64. The number of carbonyl (C=O) groups is 2. The SMILES string of the molecule is COCC[n+]1ccccc1CSC1=C(C(=O)[O-])N2C(=O)[C@H]([C@@H](C)O)[C@H]2C1. The molecule has 1 N–H and O–H groups in total. The zero-order valence-electron chi connectivity index (χ0n) is 14.8. The van der Waals surface area contributed by atoms with Gasteiger partial charge in [0, 0.05) is 30.6 Å². The van der Waals surface area contributed by atoms with Crippen molar-refractivity contribution in [3.05, 3.63) is 40.7 Å². The van der Waals surface area contributed by atoms with Crippen molar-refractivity contribution in [1.29, 1.82) is 0 Å². The van der Waals surface area contributed by atoms with E-state index in [9.17, 15) is 19.8 Å². The Labute approximate surface area is 156 Å². The molecule has 0 aliphatic carbocycles. The number of amides is 1. The number of aliphatic carboxylic acids is 1. The molecule has 0 aromatic carbocycles. The average Bonchev–Trinajstić information content (AvgIpc) is 2.93. The molecule has 0 saturated carbocycles. The summed E-state index contributed by atoms with van der Waals surface area (Å²) < 4.78 is 7.18. The van der Waals surface area contributed by atoms with Gasteiger partial charge < -0.3 is 24.6 Å². The largest absolute Gasteiger partial charge is 0.543 e. The van der Waals surface area contributed by atoms with Gasteiger partial charge >= 0.3 is 0 Å². The third-order valence-electron chi connectivity index (χ3n) is 4.85. The summed E-state index contributed by atoms with van der Waals surface area (Å²) in [6, 6.07) is 5.56. The minimum atomic E-state index is -1.34. The Hall–Kier alpha value is -1.90. The standard InChI is InChI=1S/C18H22N2O5S/c1-11(21)15-13-9-14(16(18(23)24)20(13)17(15)22)26-10-12-5-3-4-6-19(12)7-8-25-2/h3-6,11,13,15,21H,7-10H2,1-2H3/t11-,13-,15-/m1/s1. The third kappa shape index (κ3) is 3.36. The Morgan fingerprint density at radius 1 is 1.54 bits per heavy atom. The van der Waals surface area contributed by atoms with Crippen LogP contribution in [0.4, 0.5) is 0 Å². The molecule has 0 radical (unpaired) electrons. The molecule has 1 fully saturated rings. The van der Waals surface area contributed by atoms with E-state index in [1.807, 2.05) is 24.4 Å². The number of rotatable bonds is 8. The molecule has 140 valence electrons. The first kappa shape index (κ1) is 18.9. The van der Waals surface area contributed by atoms with Gasteiger partial charge in [0.05, 0.1) is 35.5 Å². The summed E-state index contributed by atoms with van der Waals surface area (Å²) in [6.07, 6.45) is 1.61. The maximum absolute atomic E-state index is 12.2. The molecule has 0 bridgehead atoms. The number of pyridine rings is 1. The van der Waals surface area contributed by atoms with Crippen LogP contribution < -0.4 is 9.67 Å². The summed E-state index contributed by atoms with van der Waals surface area (Å²) in [6.45, 7) is 2.85. The van der Waals surface area contributed by atoms with E-state index in [2.05, 4.69) is 4.57 Å². The average molecular weight is 378 g/mol. The van der Waals surface area contributed by atoms with Crippen LogP contribution in [-0.2, 0) is 26.6 Å². The maximum Gasteiger partial charge on any atom is 0.235 e. The quantitative estimate of drug-likeness (QED) is 0.481. The Morgan fingerprint density at radius 2 is 2.31 bits per heavy atom. The molecule has 3 atom stereocenters. The predicted molar refractivity (Wildman–Crippen MR) is 92.3 cm³/mol. The van der Waals surface area contributed by atoms with E-state index in [0.29, 0.717) is 30.2 Å². The molecule has 1 aromatic heterocycles. The van der Waals surface area contributed by atoms with Crippen molar-refractivity contribution < 1.29 is 29.1 Å². The van der Waals surface area contributed by atoms with Gasteiger partial charge in [-0.25, -0.2) is 0 Å². The third-order valence-corrected chi connectivity index (χ3v) is 6.00. The summed E-state index contributed by atoms with van der Waals surface area (Å²) >= 11 is 1.41. The van der Waals surface area contributed by atoms with Crippen LogP contribution in [0, 0.1) is 5.92 Å². The highest BCUT2D eigenvalue weighted by atomic mass is 32.2. The summed E-state index contributed by atoms with van der Waals surface area (Å²) in [5.41, 5.74) is 0.994. The van der Waals surface area contributed by atoms with Crippen molar-refractivity contribution in [2.45, 2.75) is 37.8 Å². The Bertz CT molecular complexity index is 749. The van der Waals surface area contributed by atoms with Crippen LogP contribution in [0.3, 0.4) is 0 Å². The fraction of sp³-hybridized carbons (Fsp3) is 0.500. The highest BCUT2D eigenvalue weighted by Crippen LogP contribution is 2.47. The van der Waals surface area contributed by atoms with E-state index in [1.54, 1.807) is 14.0 Å². The molecule has 3 heterocycles. The highest BCUT2D eigenvalue weighted by molar-refractivity contribution is 8.02. The van der Waals surface area contributed by atoms with Gasteiger partial charge in [-0.15, -0.1) is 11.8 Å². The van der Waals surface area contributed by atoms with Crippen molar-refractivity contribution >= 4 is 23.6 Å². The first-order chi connectivity index (χ1) is 12.5. The van der Waals surface area contributed by atoms with Gasteiger partial charge in [-0.2, -0.15) is 4.57 Å². The first-order valence-corrected chi connectivity index (χ1v) is 9.49. The van der Waals surface area contributed by atoms with Crippen molar-refractivity contribution in [1.82, 2.24) is 4.90 Å². The van der Waals surface area contributed by atoms with Gasteiger partial charge in [0.25, 0.3) is 0 Å². The molecule has 0 unspecified atom stereocenters. The predicted octanol–water partition coefficient (Wildman–Crippen LogP) is -0.573. The normalized spacial score (nSPS) is 23.0. The number of hydrogen-bond acceptors (Lipinski definition) is 6. The minimum absolute atomic E-state index is 0.0405. The lowest BCUT2D eigenvalue weighted by atomic mass is 9.83. The molecular formula is C18H22N2O5S. The van der Waals surface area contributed by atoms with E-state index in [1.165, 1.54) is 16.7 Å². The van der Waals surface area contributed by atoms with Gasteiger partial charge in [-0.05, 0) is 6.92 Å². The maximum atomic E-state index is 12.2. The molecule has 1 aromatic rings. The van der Waals surface area contributed by atoms with Gasteiger partial charge in [0.15, 0.2) is 18.4 Å².